The van der Waals surface area contributed by atoms with Crippen LogP contribution in [0.4, 0.5) is 5.69 Å². The van der Waals surface area contributed by atoms with Crippen molar-refractivity contribution in [3.8, 4) is 0 Å². The van der Waals surface area contributed by atoms with Crippen LogP contribution in [0, 0.1) is 0 Å². The van der Waals surface area contributed by atoms with E-state index < -0.39 is 0 Å². The lowest BCUT2D eigenvalue weighted by atomic mass is 10.1. The average Bonchev–Trinajstić information content (AvgIpc) is 2.45. The number of amides is 1. The van der Waals surface area contributed by atoms with E-state index in [2.05, 4.69) is 6.92 Å². The van der Waals surface area contributed by atoms with Gasteiger partial charge >= 0.3 is 0 Å². The van der Waals surface area contributed by atoms with E-state index in [9.17, 15) is 4.79 Å². The molecule has 1 saturated heterocycles. The van der Waals surface area contributed by atoms with Crippen LogP contribution < -0.4 is 5.73 Å². The lowest BCUT2D eigenvalue weighted by molar-refractivity contribution is 0.00214. The van der Waals surface area contributed by atoms with Gasteiger partial charge in [0.05, 0.1) is 11.7 Å². The van der Waals surface area contributed by atoms with Gasteiger partial charge in [0.1, 0.15) is 0 Å². The number of piperidine rings is 1. The zero-order valence-electron chi connectivity index (χ0n) is 11.8. The molecule has 1 unspecified atom stereocenters. The van der Waals surface area contributed by atoms with Crippen LogP contribution in [0.1, 0.15) is 36.5 Å². The van der Waals surface area contributed by atoms with E-state index in [1.807, 2.05) is 4.90 Å². The van der Waals surface area contributed by atoms with Crippen LogP contribution >= 0.6 is 11.6 Å². The highest BCUT2D eigenvalue weighted by Gasteiger charge is 2.25. The topological polar surface area (TPSA) is 55.6 Å². The highest BCUT2D eigenvalue weighted by atomic mass is 35.5. The third kappa shape index (κ3) is 3.64. The monoisotopic (exact) mass is 296 g/mol. The van der Waals surface area contributed by atoms with Gasteiger partial charge in [-0.05, 0) is 37.5 Å². The molecular formula is C15H21ClN2O2. The van der Waals surface area contributed by atoms with Crippen molar-refractivity contribution in [3.63, 3.8) is 0 Å². The van der Waals surface area contributed by atoms with Gasteiger partial charge in [-0.15, -0.1) is 0 Å². The fraction of sp³-hybridized carbons (Fsp3) is 0.533. The summed E-state index contributed by atoms with van der Waals surface area (Å²) >= 11 is 5.86. The van der Waals surface area contributed by atoms with Gasteiger partial charge in [-0.1, -0.05) is 18.5 Å². The normalized spacial score (nSPS) is 19.1. The largest absolute Gasteiger partial charge is 0.398 e. The fourth-order valence-corrected chi connectivity index (χ4v) is 2.62. The molecule has 0 saturated carbocycles. The number of halogens is 1. The number of carbonyl (C=O) groups excluding carboxylic acids is 1. The number of nitrogens with zero attached hydrogens (tertiary/aromatic N) is 1. The highest BCUT2D eigenvalue weighted by molar-refractivity contribution is 6.31. The Morgan fingerprint density at radius 2 is 2.35 bits per heavy atom. The molecular weight excluding hydrogens is 276 g/mol. The van der Waals surface area contributed by atoms with Crippen molar-refractivity contribution in [3.05, 3.63) is 28.8 Å². The number of hydrogen-bond donors (Lipinski definition) is 1. The van der Waals surface area contributed by atoms with Crippen molar-refractivity contribution in [2.24, 2.45) is 0 Å². The molecule has 1 aliphatic heterocycles. The first kappa shape index (κ1) is 15.1. The predicted octanol–water partition coefficient (Wildman–Crippen LogP) is 2.95. The summed E-state index contributed by atoms with van der Waals surface area (Å²) in [6.07, 6.45) is 3.11. The molecule has 0 aliphatic carbocycles. The number of hydrogen-bond acceptors (Lipinski definition) is 3. The van der Waals surface area contributed by atoms with Crippen molar-refractivity contribution < 1.29 is 9.53 Å². The van der Waals surface area contributed by atoms with Crippen LogP contribution in [-0.4, -0.2) is 36.6 Å². The number of benzene rings is 1. The Balaban J connectivity index is 2.04. The van der Waals surface area contributed by atoms with Gasteiger partial charge in [0, 0.05) is 30.4 Å². The Kier molecular flexibility index (Phi) is 5.26. The molecule has 4 nitrogen and oxygen atoms in total. The molecule has 2 N–H and O–H groups in total. The van der Waals surface area contributed by atoms with E-state index in [0.717, 1.165) is 32.4 Å². The summed E-state index contributed by atoms with van der Waals surface area (Å²) in [6, 6.07) is 5.00. The van der Waals surface area contributed by atoms with Gasteiger partial charge in [0.15, 0.2) is 0 Å². The lowest BCUT2D eigenvalue weighted by Crippen LogP contribution is -2.43. The quantitative estimate of drug-likeness (QED) is 0.869. The lowest BCUT2D eigenvalue weighted by Gasteiger charge is -2.33. The maximum absolute atomic E-state index is 12.5. The molecule has 1 heterocycles. The Labute approximate surface area is 124 Å². The Morgan fingerprint density at radius 3 is 3.05 bits per heavy atom. The van der Waals surface area contributed by atoms with E-state index in [0.29, 0.717) is 22.8 Å². The summed E-state index contributed by atoms with van der Waals surface area (Å²) in [4.78, 5) is 14.3. The van der Waals surface area contributed by atoms with Crippen LogP contribution in [0.3, 0.4) is 0 Å². The number of likely N-dealkylation sites (tertiary alicyclic amines) is 1. The van der Waals surface area contributed by atoms with E-state index in [1.165, 1.54) is 0 Å². The summed E-state index contributed by atoms with van der Waals surface area (Å²) in [7, 11) is 0. The Morgan fingerprint density at radius 1 is 1.55 bits per heavy atom. The summed E-state index contributed by atoms with van der Waals surface area (Å²) in [5.74, 6) is -0.0380. The van der Waals surface area contributed by atoms with Crippen LogP contribution in [0.15, 0.2) is 18.2 Å². The maximum Gasteiger partial charge on any atom is 0.256 e. The summed E-state index contributed by atoms with van der Waals surface area (Å²) in [5.41, 5.74) is 6.83. The van der Waals surface area contributed by atoms with Crippen LogP contribution in [-0.2, 0) is 4.74 Å². The minimum absolute atomic E-state index is 0.0380. The molecule has 0 bridgehead atoms. The number of rotatable bonds is 4. The minimum atomic E-state index is -0.0380. The minimum Gasteiger partial charge on any atom is -0.398 e. The number of nitrogens with two attached hydrogens (primary N) is 1. The van der Waals surface area contributed by atoms with E-state index in [-0.39, 0.29) is 12.0 Å². The molecule has 0 aromatic heterocycles. The van der Waals surface area contributed by atoms with Crippen molar-refractivity contribution in [1.29, 1.82) is 0 Å². The maximum atomic E-state index is 12.5. The second-order valence-corrected chi connectivity index (χ2v) is 5.55. The molecule has 1 fully saturated rings. The van der Waals surface area contributed by atoms with Gasteiger partial charge < -0.3 is 15.4 Å². The molecule has 20 heavy (non-hydrogen) atoms. The Hall–Kier alpha value is -1.26. The number of ether oxygens (including phenoxy) is 1. The molecule has 110 valence electrons. The fourth-order valence-electron chi connectivity index (χ4n) is 2.44. The molecule has 0 spiro atoms. The van der Waals surface area contributed by atoms with Crippen LogP contribution in [0.25, 0.3) is 0 Å². The molecule has 5 heteroatoms. The van der Waals surface area contributed by atoms with Gasteiger partial charge in [-0.2, -0.15) is 0 Å². The van der Waals surface area contributed by atoms with Crippen molar-refractivity contribution in [2.45, 2.75) is 32.3 Å². The average molecular weight is 297 g/mol. The number of anilines is 1. The first-order chi connectivity index (χ1) is 9.61. The SMILES string of the molecule is CCCOC1CCCN(C(=O)c2ccc(Cl)cc2N)C1. The molecule has 1 aromatic carbocycles. The zero-order chi connectivity index (χ0) is 14.5. The molecule has 1 atom stereocenters. The van der Waals surface area contributed by atoms with Crippen molar-refractivity contribution in [2.75, 3.05) is 25.4 Å². The number of nitrogen functional groups attached to an aromatic ring is 1. The Bertz CT molecular complexity index is 479. The van der Waals surface area contributed by atoms with Crippen molar-refractivity contribution >= 4 is 23.2 Å². The second-order valence-electron chi connectivity index (χ2n) is 5.12. The van der Waals surface area contributed by atoms with Gasteiger partial charge in [-0.3, -0.25) is 4.79 Å². The van der Waals surface area contributed by atoms with Gasteiger partial charge in [0.25, 0.3) is 5.91 Å². The number of carbonyl (C=O) groups is 1. The standard InChI is InChI=1S/C15H21ClN2O2/c1-2-8-20-12-4-3-7-18(10-12)15(19)13-6-5-11(16)9-14(13)17/h5-6,9,12H,2-4,7-8,10,17H2,1H3. The first-order valence-corrected chi connectivity index (χ1v) is 7.45. The van der Waals surface area contributed by atoms with Crippen LogP contribution in [0.5, 0.6) is 0 Å². The summed E-state index contributed by atoms with van der Waals surface area (Å²) < 4.78 is 5.75. The van der Waals surface area contributed by atoms with E-state index >= 15 is 0 Å². The predicted molar refractivity (Wildman–Crippen MR) is 81.0 cm³/mol. The van der Waals surface area contributed by atoms with Gasteiger partial charge in [-0.25, -0.2) is 0 Å². The zero-order valence-corrected chi connectivity index (χ0v) is 12.5. The third-order valence-corrected chi connectivity index (χ3v) is 3.70. The summed E-state index contributed by atoms with van der Waals surface area (Å²) in [5, 5.41) is 0.543. The van der Waals surface area contributed by atoms with E-state index in [1.54, 1.807) is 18.2 Å². The molecule has 2 rings (SSSR count). The molecule has 1 amide bonds. The van der Waals surface area contributed by atoms with Crippen LogP contribution in [0.2, 0.25) is 5.02 Å². The summed E-state index contributed by atoms with van der Waals surface area (Å²) in [6.45, 7) is 4.23. The molecule has 1 aliphatic rings. The molecule has 1 aromatic rings. The van der Waals surface area contributed by atoms with Crippen molar-refractivity contribution in [1.82, 2.24) is 4.90 Å². The van der Waals surface area contributed by atoms with E-state index in [4.69, 9.17) is 22.1 Å². The van der Waals surface area contributed by atoms with Gasteiger partial charge in [0.2, 0.25) is 0 Å². The smallest absolute Gasteiger partial charge is 0.256 e. The molecule has 0 radical (unpaired) electrons. The first-order valence-electron chi connectivity index (χ1n) is 7.07. The highest BCUT2D eigenvalue weighted by Crippen LogP contribution is 2.22. The second kappa shape index (κ2) is 6.95. The third-order valence-electron chi connectivity index (χ3n) is 3.47.